The van der Waals surface area contributed by atoms with E-state index in [4.69, 9.17) is 4.74 Å². The zero-order chi connectivity index (χ0) is 13.6. The first kappa shape index (κ1) is 12.5. The number of carbonyl (C=O) groups excluding carboxylic acids is 1. The number of amides is 1. The normalized spacial score (nSPS) is 25.7. The molecule has 104 valence electrons. The highest BCUT2D eigenvalue weighted by Gasteiger charge is 2.34. The lowest BCUT2D eigenvalue weighted by molar-refractivity contribution is 0.0415. The second-order valence-corrected chi connectivity index (χ2v) is 5.38. The van der Waals surface area contributed by atoms with E-state index in [1.54, 1.807) is 4.90 Å². The average Bonchev–Trinajstić information content (AvgIpc) is 2.71. The van der Waals surface area contributed by atoms with E-state index in [-0.39, 0.29) is 12.2 Å². The molecule has 1 N–H and O–H groups in total. The quantitative estimate of drug-likeness (QED) is 0.823. The maximum atomic E-state index is 11.6. The molecule has 0 saturated heterocycles. The van der Waals surface area contributed by atoms with Gasteiger partial charge in [-0.1, -0.05) is 0 Å². The number of carbonyl (C=O) groups is 1. The molecule has 3 rings (SSSR count). The third-order valence-electron chi connectivity index (χ3n) is 4.15. The predicted octanol–water partition coefficient (Wildman–Crippen LogP) is 1.01. The van der Waals surface area contributed by atoms with Gasteiger partial charge in [0.05, 0.1) is 31.5 Å². The van der Waals surface area contributed by atoms with Gasteiger partial charge in [0.25, 0.3) is 0 Å². The molecule has 1 aliphatic heterocycles. The van der Waals surface area contributed by atoms with Gasteiger partial charge in [0.15, 0.2) is 0 Å². The molecule has 0 spiro atoms. The van der Waals surface area contributed by atoms with E-state index in [9.17, 15) is 9.90 Å². The summed E-state index contributed by atoms with van der Waals surface area (Å²) in [5.74, 6) is 0. The van der Waals surface area contributed by atoms with E-state index >= 15 is 0 Å². The number of aliphatic hydroxyl groups is 1. The first-order valence-corrected chi connectivity index (χ1v) is 6.68. The van der Waals surface area contributed by atoms with E-state index < -0.39 is 0 Å². The number of fused-ring (bicyclic) bond motifs is 1. The molecule has 1 fully saturated rings. The van der Waals surface area contributed by atoms with Crippen LogP contribution in [0.25, 0.3) is 0 Å². The van der Waals surface area contributed by atoms with Crippen molar-refractivity contribution in [3.63, 3.8) is 0 Å². The third kappa shape index (κ3) is 2.00. The predicted molar refractivity (Wildman–Crippen MR) is 67.8 cm³/mol. The summed E-state index contributed by atoms with van der Waals surface area (Å²) in [5, 5.41) is 14.0. The number of hydrogen-bond donors (Lipinski definition) is 1. The minimum absolute atomic E-state index is 0.180. The molecule has 0 bridgehead atoms. The highest BCUT2D eigenvalue weighted by atomic mass is 16.5. The Hall–Kier alpha value is -1.56. The number of aryl methyl sites for hydroxylation is 1. The minimum atomic E-state index is -0.281. The molecule has 1 aliphatic carbocycles. The summed E-state index contributed by atoms with van der Waals surface area (Å²) in [6, 6.07) is 0.321. The lowest BCUT2D eigenvalue weighted by Crippen LogP contribution is -2.38. The van der Waals surface area contributed by atoms with Gasteiger partial charge in [-0.25, -0.2) is 4.79 Å². The summed E-state index contributed by atoms with van der Waals surface area (Å²) in [4.78, 5) is 13.3. The van der Waals surface area contributed by atoms with E-state index in [2.05, 4.69) is 9.78 Å². The van der Waals surface area contributed by atoms with Crippen LogP contribution < -0.4 is 0 Å². The van der Waals surface area contributed by atoms with Crippen LogP contribution in [0, 0.1) is 6.92 Å². The first-order chi connectivity index (χ1) is 9.10. The monoisotopic (exact) mass is 265 g/mol. The Bertz CT molecular complexity index is 505. The van der Waals surface area contributed by atoms with E-state index in [0.29, 0.717) is 19.1 Å². The van der Waals surface area contributed by atoms with E-state index in [1.165, 1.54) is 12.8 Å². The summed E-state index contributed by atoms with van der Waals surface area (Å²) in [7, 11) is 1.41. The van der Waals surface area contributed by atoms with Gasteiger partial charge in [0.1, 0.15) is 0 Å². The topological polar surface area (TPSA) is 67.6 Å². The Morgan fingerprint density at radius 3 is 2.84 bits per heavy atom. The fourth-order valence-corrected chi connectivity index (χ4v) is 2.96. The number of nitrogens with zero attached hydrogens (tertiary/aromatic N) is 3. The van der Waals surface area contributed by atoms with Gasteiger partial charge in [-0.2, -0.15) is 5.10 Å². The zero-order valence-corrected chi connectivity index (χ0v) is 11.3. The second-order valence-electron chi connectivity index (χ2n) is 5.38. The van der Waals surface area contributed by atoms with Crippen molar-refractivity contribution in [2.45, 2.75) is 44.9 Å². The molecule has 1 saturated carbocycles. The number of aromatic nitrogens is 2. The second kappa shape index (κ2) is 4.52. The average molecular weight is 265 g/mol. The van der Waals surface area contributed by atoms with Crippen LogP contribution in [0.4, 0.5) is 4.79 Å². The van der Waals surface area contributed by atoms with Crippen molar-refractivity contribution in [2.24, 2.45) is 0 Å². The van der Waals surface area contributed by atoms with Crippen LogP contribution in [0.5, 0.6) is 0 Å². The molecule has 2 aliphatic rings. The number of rotatable bonds is 1. The zero-order valence-electron chi connectivity index (χ0n) is 11.3. The molecular weight excluding hydrogens is 246 g/mol. The van der Waals surface area contributed by atoms with Crippen molar-refractivity contribution in [2.75, 3.05) is 13.7 Å². The van der Waals surface area contributed by atoms with Crippen molar-refractivity contribution in [1.29, 1.82) is 0 Å². The molecule has 6 nitrogen and oxygen atoms in total. The van der Waals surface area contributed by atoms with Crippen molar-refractivity contribution in [3.8, 4) is 0 Å². The molecule has 2 heterocycles. The van der Waals surface area contributed by atoms with Crippen molar-refractivity contribution in [3.05, 3.63) is 17.0 Å². The standard InChI is InChI=1S/C13H19N3O3/c1-8-11-7-15(13(18)19-2)4-3-12(11)16(14-8)9-5-10(17)6-9/h9-10,17H,3-7H2,1-2H3. The van der Waals surface area contributed by atoms with Crippen LogP contribution in [0.15, 0.2) is 0 Å². The van der Waals surface area contributed by atoms with E-state index in [1.807, 2.05) is 6.92 Å². The maximum Gasteiger partial charge on any atom is 0.409 e. The smallest absolute Gasteiger partial charge is 0.409 e. The van der Waals surface area contributed by atoms with Gasteiger partial charge in [-0.05, 0) is 19.8 Å². The Balaban J connectivity index is 1.84. The first-order valence-electron chi connectivity index (χ1n) is 6.68. The fraction of sp³-hybridized carbons (Fsp3) is 0.692. The molecule has 19 heavy (non-hydrogen) atoms. The summed E-state index contributed by atoms with van der Waals surface area (Å²) in [6.07, 6.45) is 1.91. The number of ether oxygens (including phenoxy) is 1. The van der Waals surface area contributed by atoms with Crippen LogP contribution >= 0.6 is 0 Å². The number of hydrogen-bond acceptors (Lipinski definition) is 4. The van der Waals surface area contributed by atoms with Gasteiger partial charge < -0.3 is 14.7 Å². The Morgan fingerprint density at radius 1 is 1.47 bits per heavy atom. The Kier molecular flexibility index (Phi) is 2.97. The van der Waals surface area contributed by atoms with Crippen LogP contribution in [0.2, 0.25) is 0 Å². The van der Waals surface area contributed by atoms with Gasteiger partial charge in [0.2, 0.25) is 0 Å². The molecule has 1 amide bonds. The van der Waals surface area contributed by atoms with Crippen LogP contribution in [0.1, 0.15) is 35.8 Å². The minimum Gasteiger partial charge on any atom is -0.453 e. The van der Waals surface area contributed by atoms with Gasteiger partial charge in [-0.15, -0.1) is 0 Å². The molecular formula is C13H19N3O3. The molecule has 1 aromatic heterocycles. The van der Waals surface area contributed by atoms with Crippen LogP contribution in [-0.4, -0.2) is 45.6 Å². The lowest BCUT2D eigenvalue weighted by Gasteiger charge is -2.34. The molecule has 1 aromatic rings. The third-order valence-corrected chi connectivity index (χ3v) is 4.15. The van der Waals surface area contributed by atoms with Gasteiger partial charge in [-0.3, -0.25) is 4.68 Å². The van der Waals surface area contributed by atoms with Gasteiger partial charge >= 0.3 is 6.09 Å². The summed E-state index contributed by atoms with van der Waals surface area (Å²) in [5.41, 5.74) is 3.33. The highest BCUT2D eigenvalue weighted by molar-refractivity contribution is 5.68. The molecule has 0 radical (unpaired) electrons. The number of methoxy groups -OCH3 is 1. The summed E-state index contributed by atoms with van der Waals surface area (Å²) < 4.78 is 6.83. The van der Waals surface area contributed by atoms with Crippen LogP contribution in [-0.2, 0) is 17.7 Å². The summed E-state index contributed by atoms with van der Waals surface area (Å²) >= 11 is 0. The Labute approximate surface area is 112 Å². The molecule has 0 unspecified atom stereocenters. The molecule has 6 heteroatoms. The largest absolute Gasteiger partial charge is 0.453 e. The van der Waals surface area contributed by atoms with E-state index in [0.717, 1.165) is 30.5 Å². The molecule has 0 atom stereocenters. The van der Waals surface area contributed by atoms with Gasteiger partial charge in [0, 0.05) is 24.2 Å². The van der Waals surface area contributed by atoms with Crippen LogP contribution in [0.3, 0.4) is 0 Å². The highest BCUT2D eigenvalue weighted by Crippen LogP contribution is 2.35. The molecule has 0 aromatic carbocycles. The SMILES string of the molecule is COC(=O)N1CCc2c(c(C)nn2C2CC(O)C2)C1. The maximum absolute atomic E-state index is 11.6. The van der Waals surface area contributed by atoms with Crippen molar-refractivity contribution >= 4 is 6.09 Å². The van der Waals surface area contributed by atoms with Crippen molar-refractivity contribution < 1.29 is 14.6 Å². The lowest BCUT2D eigenvalue weighted by atomic mass is 9.89. The Morgan fingerprint density at radius 2 is 2.21 bits per heavy atom. The number of aliphatic hydroxyl groups excluding tert-OH is 1. The summed E-state index contributed by atoms with van der Waals surface area (Å²) in [6.45, 7) is 3.22. The van der Waals surface area contributed by atoms with Crippen molar-refractivity contribution in [1.82, 2.24) is 14.7 Å². The fourth-order valence-electron chi connectivity index (χ4n) is 2.96.